The van der Waals surface area contributed by atoms with Gasteiger partial charge in [0.25, 0.3) is 0 Å². The van der Waals surface area contributed by atoms with Crippen LogP contribution in [0.15, 0.2) is 0 Å². The van der Waals surface area contributed by atoms with Crippen LogP contribution in [-0.2, 0) is 11.2 Å². The minimum Gasteiger partial charge on any atom is -0.481 e. The van der Waals surface area contributed by atoms with Gasteiger partial charge in [0.15, 0.2) is 0 Å². The molecule has 1 saturated carbocycles. The maximum atomic E-state index is 10.8. The molecule has 1 aliphatic carbocycles. The second-order valence-corrected chi connectivity index (χ2v) is 5.68. The maximum Gasteiger partial charge on any atom is 0.303 e. The Balaban J connectivity index is 2.15. The third-order valence-corrected chi connectivity index (χ3v) is 3.12. The van der Waals surface area contributed by atoms with E-state index in [0.29, 0.717) is 12.5 Å². The average molecular weight is 237 g/mol. The van der Waals surface area contributed by atoms with Gasteiger partial charge < -0.3 is 9.67 Å². The predicted octanol–water partition coefficient (Wildman–Crippen LogP) is 1.96. The number of nitrogens with zero attached hydrogens (tertiary/aromatic N) is 3. The Labute approximate surface area is 101 Å². The van der Waals surface area contributed by atoms with Crippen molar-refractivity contribution in [2.45, 2.75) is 52.5 Å². The summed E-state index contributed by atoms with van der Waals surface area (Å²) in [5.74, 6) is 1.11. The third kappa shape index (κ3) is 2.84. The number of carboxylic acid groups (broad SMARTS) is 1. The summed E-state index contributed by atoms with van der Waals surface area (Å²) in [6.45, 7) is 5.88. The molecule has 1 aliphatic rings. The summed E-state index contributed by atoms with van der Waals surface area (Å²) < 4.78 is 2.17. The molecule has 1 N–H and O–H groups in total. The van der Waals surface area contributed by atoms with Crippen molar-refractivity contribution >= 4 is 5.97 Å². The van der Waals surface area contributed by atoms with Crippen molar-refractivity contribution in [2.75, 3.05) is 0 Å². The van der Waals surface area contributed by atoms with Crippen molar-refractivity contribution in [3.05, 3.63) is 11.6 Å². The zero-order valence-corrected chi connectivity index (χ0v) is 10.6. The number of rotatable bonds is 5. The fourth-order valence-corrected chi connectivity index (χ4v) is 2.24. The standard InChI is InChI=1S/C12H19N3O2/c1-8-13-14-10(15(8)9-4-5-9)6-12(2,3)7-11(16)17/h9H,4-7H2,1-3H3,(H,16,17). The molecule has 0 atom stereocenters. The Bertz CT molecular complexity index is 433. The molecule has 2 rings (SSSR count). The molecule has 0 spiro atoms. The largest absolute Gasteiger partial charge is 0.481 e. The zero-order valence-electron chi connectivity index (χ0n) is 10.6. The topological polar surface area (TPSA) is 68.0 Å². The van der Waals surface area contributed by atoms with Crippen LogP contribution in [0.4, 0.5) is 0 Å². The van der Waals surface area contributed by atoms with Gasteiger partial charge >= 0.3 is 5.97 Å². The van der Waals surface area contributed by atoms with E-state index < -0.39 is 5.97 Å². The Morgan fingerprint density at radius 2 is 2.12 bits per heavy atom. The summed E-state index contributed by atoms with van der Waals surface area (Å²) in [4.78, 5) is 10.8. The van der Waals surface area contributed by atoms with Gasteiger partial charge in [0.05, 0.1) is 6.42 Å². The second-order valence-electron chi connectivity index (χ2n) is 5.68. The number of aromatic nitrogens is 3. The van der Waals surface area contributed by atoms with Crippen molar-refractivity contribution in [3.63, 3.8) is 0 Å². The molecule has 94 valence electrons. The number of carbonyl (C=O) groups is 1. The minimum atomic E-state index is -0.760. The lowest BCUT2D eigenvalue weighted by Gasteiger charge is -2.22. The first-order valence-corrected chi connectivity index (χ1v) is 6.01. The summed E-state index contributed by atoms with van der Waals surface area (Å²) >= 11 is 0. The van der Waals surface area contributed by atoms with Crippen molar-refractivity contribution in [1.82, 2.24) is 14.8 Å². The van der Waals surface area contributed by atoms with E-state index in [1.165, 1.54) is 12.8 Å². The van der Waals surface area contributed by atoms with Crippen molar-refractivity contribution in [3.8, 4) is 0 Å². The number of aryl methyl sites for hydroxylation is 1. The first-order chi connectivity index (χ1) is 7.89. The fraction of sp³-hybridized carbons (Fsp3) is 0.750. The molecular weight excluding hydrogens is 218 g/mol. The van der Waals surface area contributed by atoms with Gasteiger partial charge in [0.2, 0.25) is 0 Å². The van der Waals surface area contributed by atoms with Crippen molar-refractivity contribution < 1.29 is 9.90 Å². The van der Waals surface area contributed by atoms with Gasteiger partial charge in [-0.05, 0) is 25.2 Å². The molecule has 0 aliphatic heterocycles. The SMILES string of the molecule is Cc1nnc(CC(C)(C)CC(=O)O)n1C1CC1. The van der Waals surface area contributed by atoms with E-state index in [9.17, 15) is 4.79 Å². The molecule has 0 unspecified atom stereocenters. The summed E-state index contributed by atoms with van der Waals surface area (Å²) in [5, 5.41) is 17.2. The molecule has 1 heterocycles. The first kappa shape index (κ1) is 12.1. The minimum absolute atomic E-state index is 0.156. The first-order valence-electron chi connectivity index (χ1n) is 6.01. The summed E-state index contributed by atoms with van der Waals surface area (Å²) in [5.41, 5.74) is -0.280. The average Bonchev–Trinajstić information content (AvgIpc) is 2.91. The molecular formula is C12H19N3O2. The number of hydrogen-bond donors (Lipinski definition) is 1. The van der Waals surface area contributed by atoms with E-state index in [1.807, 2.05) is 20.8 Å². The normalized spacial score (nSPS) is 16.2. The molecule has 0 bridgehead atoms. The van der Waals surface area contributed by atoms with Crippen LogP contribution in [0.1, 0.15) is 50.8 Å². The van der Waals surface area contributed by atoms with Crippen LogP contribution in [0.25, 0.3) is 0 Å². The van der Waals surface area contributed by atoms with E-state index >= 15 is 0 Å². The number of aliphatic carboxylic acids is 1. The van der Waals surface area contributed by atoms with E-state index in [2.05, 4.69) is 14.8 Å². The van der Waals surface area contributed by atoms with Gasteiger partial charge in [-0.15, -0.1) is 10.2 Å². The molecule has 17 heavy (non-hydrogen) atoms. The van der Waals surface area contributed by atoms with Crippen LogP contribution < -0.4 is 0 Å². The highest BCUT2D eigenvalue weighted by atomic mass is 16.4. The highest BCUT2D eigenvalue weighted by Crippen LogP contribution is 2.37. The highest BCUT2D eigenvalue weighted by Gasteiger charge is 2.31. The van der Waals surface area contributed by atoms with Crippen LogP contribution in [-0.4, -0.2) is 25.8 Å². The van der Waals surface area contributed by atoms with E-state index in [-0.39, 0.29) is 11.8 Å². The van der Waals surface area contributed by atoms with Crippen LogP contribution >= 0.6 is 0 Å². The molecule has 1 aromatic rings. The third-order valence-electron chi connectivity index (χ3n) is 3.12. The highest BCUT2D eigenvalue weighted by molar-refractivity contribution is 5.67. The Morgan fingerprint density at radius 3 is 2.65 bits per heavy atom. The quantitative estimate of drug-likeness (QED) is 0.850. The Hall–Kier alpha value is -1.39. The molecule has 1 fully saturated rings. The molecule has 5 heteroatoms. The van der Waals surface area contributed by atoms with Crippen LogP contribution in [0.3, 0.4) is 0 Å². The fourth-order valence-electron chi connectivity index (χ4n) is 2.24. The molecule has 0 radical (unpaired) electrons. The van der Waals surface area contributed by atoms with Crippen molar-refractivity contribution in [2.24, 2.45) is 5.41 Å². The van der Waals surface area contributed by atoms with E-state index in [1.54, 1.807) is 0 Å². The monoisotopic (exact) mass is 237 g/mol. The van der Waals surface area contributed by atoms with Gasteiger partial charge in [-0.2, -0.15) is 0 Å². The van der Waals surface area contributed by atoms with Crippen LogP contribution in [0.5, 0.6) is 0 Å². The molecule has 5 nitrogen and oxygen atoms in total. The molecule has 0 saturated heterocycles. The lowest BCUT2D eigenvalue weighted by atomic mass is 9.85. The van der Waals surface area contributed by atoms with Crippen LogP contribution in [0, 0.1) is 12.3 Å². The maximum absolute atomic E-state index is 10.8. The zero-order chi connectivity index (χ0) is 12.6. The Kier molecular flexibility index (Phi) is 2.93. The molecule has 0 aromatic carbocycles. The van der Waals surface area contributed by atoms with Gasteiger partial charge in [-0.1, -0.05) is 13.8 Å². The van der Waals surface area contributed by atoms with E-state index in [4.69, 9.17) is 5.11 Å². The lowest BCUT2D eigenvalue weighted by Crippen LogP contribution is -2.22. The van der Waals surface area contributed by atoms with Gasteiger partial charge in [0.1, 0.15) is 11.6 Å². The summed E-state index contributed by atoms with van der Waals surface area (Å²) in [6, 6.07) is 0.542. The lowest BCUT2D eigenvalue weighted by molar-refractivity contribution is -0.139. The second kappa shape index (κ2) is 4.13. The number of carboxylic acids is 1. The van der Waals surface area contributed by atoms with Gasteiger partial charge in [-0.25, -0.2) is 0 Å². The van der Waals surface area contributed by atoms with Crippen LogP contribution in [0.2, 0.25) is 0 Å². The smallest absolute Gasteiger partial charge is 0.303 e. The number of hydrogen-bond acceptors (Lipinski definition) is 3. The van der Waals surface area contributed by atoms with Crippen molar-refractivity contribution in [1.29, 1.82) is 0 Å². The Morgan fingerprint density at radius 1 is 1.47 bits per heavy atom. The van der Waals surface area contributed by atoms with Gasteiger partial charge in [0, 0.05) is 12.5 Å². The predicted molar refractivity (Wildman–Crippen MR) is 62.8 cm³/mol. The van der Waals surface area contributed by atoms with E-state index in [0.717, 1.165) is 11.6 Å². The summed E-state index contributed by atoms with van der Waals surface area (Å²) in [6.07, 6.45) is 3.19. The molecule has 0 amide bonds. The molecule has 1 aromatic heterocycles. The summed E-state index contributed by atoms with van der Waals surface area (Å²) in [7, 11) is 0. The van der Waals surface area contributed by atoms with Gasteiger partial charge in [-0.3, -0.25) is 4.79 Å².